The molecule has 1 atom stereocenters. The molecule has 0 fully saturated rings. The van der Waals surface area contributed by atoms with Gasteiger partial charge in [-0.3, -0.25) is 0 Å². The van der Waals surface area contributed by atoms with Crippen LogP contribution in [0.15, 0.2) is 34.0 Å². The molecule has 0 radical (unpaired) electrons. The van der Waals surface area contributed by atoms with Crippen molar-refractivity contribution in [2.75, 3.05) is 5.75 Å². The van der Waals surface area contributed by atoms with Crippen molar-refractivity contribution in [2.45, 2.75) is 23.9 Å². The van der Waals surface area contributed by atoms with E-state index in [-0.39, 0.29) is 0 Å². The van der Waals surface area contributed by atoms with Crippen LogP contribution in [0.4, 0.5) is 0 Å². The molecule has 1 aliphatic heterocycles. The van der Waals surface area contributed by atoms with E-state index in [0.717, 1.165) is 17.2 Å². The zero-order chi connectivity index (χ0) is 12.4. The summed E-state index contributed by atoms with van der Waals surface area (Å²) in [6.45, 7) is 0.609. The lowest BCUT2D eigenvalue weighted by Gasteiger charge is -2.25. The van der Waals surface area contributed by atoms with Gasteiger partial charge in [0.2, 0.25) is 6.39 Å². The first kappa shape index (κ1) is 12.0. The highest BCUT2D eigenvalue weighted by molar-refractivity contribution is 7.99. The topological polar surface area (TPSA) is 51.0 Å². The van der Waals surface area contributed by atoms with E-state index in [1.807, 2.05) is 23.9 Å². The third-order valence-corrected chi connectivity index (χ3v) is 4.28. The molecule has 1 aromatic carbocycles. The van der Waals surface area contributed by atoms with Gasteiger partial charge < -0.3 is 9.84 Å². The number of benzene rings is 1. The summed E-state index contributed by atoms with van der Waals surface area (Å²) in [5.74, 6) is 1.79. The van der Waals surface area contributed by atoms with Crippen LogP contribution in [0.5, 0.6) is 0 Å². The molecule has 6 heteroatoms. The average molecular weight is 282 g/mol. The molecule has 0 saturated heterocycles. The summed E-state index contributed by atoms with van der Waals surface area (Å²) < 4.78 is 4.72. The minimum absolute atomic E-state index is 0.304. The Morgan fingerprint density at radius 3 is 3.28 bits per heavy atom. The van der Waals surface area contributed by atoms with Crippen molar-refractivity contribution >= 4 is 23.4 Å². The predicted molar refractivity (Wildman–Crippen MR) is 70.7 cm³/mol. The third-order valence-electron chi connectivity index (χ3n) is 2.92. The van der Waals surface area contributed by atoms with Gasteiger partial charge in [0.05, 0.1) is 6.54 Å². The van der Waals surface area contributed by atoms with E-state index in [9.17, 15) is 0 Å². The molecule has 0 bridgehead atoms. The largest absolute Gasteiger partial charge is 0.343 e. The van der Waals surface area contributed by atoms with Crippen molar-refractivity contribution in [3.63, 3.8) is 0 Å². The molecule has 1 aliphatic rings. The van der Waals surface area contributed by atoms with Crippen LogP contribution in [-0.2, 0) is 6.54 Å². The third kappa shape index (κ3) is 2.53. The number of nitrogens with zero attached hydrogens (tertiary/aromatic N) is 2. The molecule has 2 heterocycles. The lowest BCUT2D eigenvalue weighted by Crippen LogP contribution is -2.24. The maximum Gasteiger partial charge on any atom is 0.213 e. The highest BCUT2D eigenvalue weighted by Crippen LogP contribution is 2.37. The van der Waals surface area contributed by atoms with E-state index in [1.54, 1.807) is 0 Å². The van der Waals surface area contributed by atoms with Crippen molar-refractivity contribution in [1.29, 1.82) is 0 Å². The van der Waals surface area contributed by atoms with Crippen LogP contribution in [0.2, 0.25) is 5.02 Å². The molecule has 1 N–H and O–H groups in total. The minimum Gasteiger partial charge on any atom is -0.343 e. The second-order valence-electron chi connectivity index (χ2n) is 4.10. The lowest BCUT2D eigenvalue weighted by molar-refractivity contribution is 0.402. The summed E-state index contributed by atoms with van der Waals surface area (Å²) in [5, 5.41) is 8.02. The van der Waals surface area contributed by atoms with Crippen molar-refractivity contribution in [3.8, 4) is 0 Å². The lowest BCUT2D eigenvalue weighted by atomic mass is 10.0. The fourth-order valence-electron chi connectivity index (χ4n) is 2.06. The maximum absolute atomic E-state index is 6.06. The van der Waals surface area contributed by atoms with Crippen LogP contribution in [-0.4, -0.2) is 15.9 Å². The number of nitrogens with one attached hydrogen (secondary N) is 1. The summed E-state index contributed by atoms with van der Waals surface area (Å²) in [6.07, 6.45) is 2.43. The Balaban J connectivity index is 1.76. The van der Waals surface area contributed by atoms with Crippen LogP contribution < -0.4 is 5.32 Å². The molecule has 94 valence electrons. The molecule has 1 unspecified atom stereocenters. The minimum atomic E-state index is 0.304. The van der Waals surface area contributed by atoms with Gasteiger partial charge in [-0.25, -0.2) is 0 Å². The second kappa shape index (κ2) is 5.30. The first-order chi connectivity index (χ1) is 8.83. The van der Waals surface area contributed by atoms with Crippen LogP contribution in [0.1, 0.15) is 23.9 Å². The monoisotopic (exact) mass is 281 g/mol. The smallest absolute Gasteiger partial charge is 0.213 e. The van der Waals surface area contributed by atoms with E-state index in [2.05, 4.69) is 21.5 Å². The zero-order valence-electron chi connectivity index (χ0n) is 9.60. The fourth-order valence-corrected chi connectivity index (χ4v) is 3.35. The average Bonchev–Trinajstić information content (AvgIpc) is 2.89. The van der Waals surface area contributed by atoms with Gasteiger partial charge in [0.1, 0.15) is 0 Å². The molecule has 0 saturated carbocycles. The Morgan fingerprint density at radius 2 is 2.44 bits per heavy atom. The van der Waals surface area contributed by atoms with Crippen molar-refractivity contribution in [1.82, 2.24) is 15.5 Å². The molecule has 1 aromatic heterocycles. The Bertz CT molecular complexity index is 532. The molecule has 3 rings (SSSR count). The van der Waals surface area contributed by atoms with Crippen LogP contribution >= 0.6 is 23.4 Å². The SMILES string of the molecule is Clc1ccc2c(c1)C(NCc1ncon1)CCS2. The molecule has 0 spiro atoms. The Labute approximate surface area is 114 Å². The van der Waals surface area contributed by atoms with E-state index < -0.39 is 0 Å². The number of aromatic nitrogens is 2. The van der Waals surface area contributed by atoms with Crippen LogP contribution in [0.3, 0.4) is 0 Å². The van der Waals surface area contributed by atoms with Gasteiger partial charge in [0.25, 0.3) is 0 Å². The van der Waals surface area contributed by atoms with Gasteiger partial charge in [-0.05, 0) is 35.9 Å². The van der Waals surface area contributed by atoms with Crippen LogP contribution in [0, 0.1) is 0 Å². The number of rotatable bonds is 3. The quantitative estimate of drug-likeness (QED) is 0.937. The van der Waals surface area contributed by atoms with Gasteiger partial charge in [-0.1, -0.05) is 16.8 Å². The Morgan fingerprint density at radius 1 is 1.50 bits per heavy atom. The first-order valence-corrected chi connectivity index (χ1v) is 7.10. The Hall–Kier alpha value is -1.04. The summed E-state index contributed by atoms with van der Waals surface area (Å²) in [6, 6.07) is 6.37. The summed E-state index contributed by atoms with van der Waals surface area (Å²) in [7, 11) is 0. The Kier molecular flexibility index (Phi) is 3.54. The number of fused-ring (bicyclic) bond motifs is 1. The van der Waals surface area contributed by atoms with E-state index >= 15 is 0 Å². The highest BCUT2D eigenvalue weighted by Gasteiger charge is 2.20. The second-order valence-corrected chi connectivity index (χ2v) is 5.67. The maximum atomic E-state index is 6.06. The molecule has 0 amide bonds. The molecule has 0 aliphatic carbocycles. The number of hydrogen-bond acceptors (Lipinski definition) is 5. The first-order valence-electron chi connectivity index (χ1n) is 5.74. The highest BCUT2D eigenvalue weighted by atomic mass is 35.5. The summed E-state index contributed by atoms with van der Waals surface area (Å²) >= 11 is 7.94. The number of halogens is 1. The zero-order valence-corrected chi connectivity index (χ0v) is 11.2. The van der Waals surface area contributed by atoms with Gasteiger partial charge in [0, 0.05) is 16.0 Å². The van der Waals surface area contributed by atoms with Gasteiger partial charge in [0.15, 0.2) is 5.82 Å². The standard InChI is InChI=1S/C12H12ClN3OS/c13-8-1-2-11-9(5-8)10(3-4-18-11)14-6-12-15-7-17-16-12/h1-2,5,7,10,14H,3-4,6H2. The predicted octanol–water partition coefficient (Wildman–Crippen LogP) is 3.05. The molecular weight excluding hydrogens is 270 g/mol. The molecule has 2 aromatic rings. The van der Waals surface area contributed by atoms with E-state index in [0.29, 0.717) is 18.4 Å². The summed E-state index contributed by atoms with van der Waals surface area (Å²) in [4.78, 5) is 5.30. The molecule has 18 heavy (non-hydrogen) atoms. The van der Waals surface area contributed by atoms with Gasteiger partial charge >= 0.3 is 0 Å². The van der Waals surface area contributed by atoms with E-state index in [1.165, 1.54) is 16.9 Å². The van der Waals surface area contributed by atoms with Crippen molar-refractivity contribution in [3.05, 3.63) is 41.0 Å². The number of thioether (sulfide) groups is 1. The van der Waals surface area contributed by atoms with Gasteiger partial charge in [-0.15, -0.1) is 11.8 Å². The molecular formula is C12H12ClN3OS. The van der Waals surface area contributed by atoms with Crippen molar-refractivity contribution in [2.24, 2.45) is 0 Å². The van der Waals surface area contributed by atoms with Crippen molar-refractivity contribution < 1.29 is 4.52 Å². The molecule has 4 nitrogen and oxygen atoms in total. The summed E-state index contributed by atoms with van der Waals surface area (Å²) in [5.41, 5.74) is 1.27. The van der Waals surface area contributed by atoms with Crippen LogP contribution in [0.25, 0.3) is 0 Å². The fraction of sp³-hybridized carbons (Fsp3) is 0.333. The number of hydrogen-bond donors (Lipinski definition) is 1. The normalized spacial score (nSPS) is 18.6. The van der Waals surface area contributed by atoms with Gasteiger partial charge in [-0.2, -0.15) is 4.98 Å². The van der Waals surface area contributed by atoms with E-state index in [4.69, 9.17) is 16.1 Å².